The molecule has 4 amide bonds. The predicted octanol–water partition coefficient (Wildman–Crippen LogP) is 1.86. The zero-order chi connectivity index (χ0) is 18.3. The number of carbonyl (C=O) groups is 3. The Bertz CT molecular complexity index is 606. The van der Waals surface area contributed by atoms with Gasteiger partial charge in [-0.3, -0.25) is 9.59 Å². The molecule has 0 radical (unpaired) electrons. The van der Waals surface area contributed by atoms with Gasteiger partial charge in [0.25, 0.3) is 5.91 Å². The van der Waals surface area contributed by atoms with E-state index in [0.717, 1.165) is 0 Å². The van der Waals surface area contributed by atoms with E-state index >= 15 is 0 Å². The van der Waals surface area contributed by atoms with E-state index in [1.165, 1.54) is 0 Å². The Morgan fingerprint density at radius 3 is 2.29 bits per heavy atom. The maximum Gasteiger partial charge on any atom is 0.319 e. The summed E-state index contributed by atoms with van der Waals surface area (Å²) in [5, 5.41) is 10.6. The molecular formula is C17H26N4O3. The first-order valence-electron chi connectivity index (χ1n) is 7.84. The number of hydrogen-bond acceptors (Lipinski definition) is 3. The van der Waals surface area contributed by atoms with Crippen LogP contribution in [0.1, 0.15) is 45.0 Å². The third kappa shape index (κ3) is 7.13. The van der Waals surface area contributed by atoms with Crippen LogP contribution < -0.4 is 21.3 Å². The highest BCUT2D eigenvalue weighted by atomic mass is 16.2. The van der Waals surface area contributed by atoms with Crippen molar-refractivity contribution in [2.75, 3.05) is 11.9 Å². The van der Waals surface area contributed by atoms with Crippen molar-refractivity contribution in [1.82, 2.24) is 16.0 Å². The zero-order valence-corrected chi connectivity index (χ0v) is 14.8. The molecule has 0 fully saturated rings. The average Bonchev–Trinajstić information content (AvgIpc) is 2.42. The summed E-state index contributed by atoms with van der Waals surface area (Å²) in [6, 6.07) is 6.21. The Kier molecular flexibility index (Phi) is 6.76. The molecule has 0 aliphatic rings. The van der Waals surface area contributed by atoms with Gasteiger partial charge in [0.15, 0.2) is 0 Å². The van der Waals surface area contributed by atoms with E-state index in [1.54, 1.807) is 24.3 Å². The molecule has 7 heteroatoms. The van der Waals surface area contributed by atoms with Gasteiger partial charge in [-0.15, -0.1) is 0 Å². The fraction of sp³-hybridized carbons (Fsp3) is 0.471. The molecule has 132 valence electrons. The topological polar surface area (TPSA) is 99.3 Å². The molecule has 0 aromatic heterocycles. The van der Waals surface area contributed by atoms with Gasteiger partial charge in [-0.1, -0.05) is 12.1 Å². The number of carbonyl (C=O) groups excluding carboxylic acids is 3. The Labute approximate surface area is 142 Å². The van der Waals surface area contributed by atoms with E-state index in [4.69, 9.17) is 0 Å². The molecule has 0 saturated heterocycles. The summed E-state index contributed by atoms with van der Waals surface area (Å²) >= 11 is 0. The van der Waals surface area contributed by atoms with Crippen molar-refractivity contribution in [2.24, 2.45) is 0 Å². The van der Waals surface area contributed by atoms with Crippen LogP contribution in [0.25, 0.3) is 0 Å². The van der Waals surface area contributed by atoms with Crippen LogP contribution in [0.4, 0.5) is 10.5 Å². The largest absolute Gasteiger partial charge is 0.350 e. The van der Waals surface area contributed by atoms with E-state index in [0.29, 0.717) is 11.3 Å². The highest BCUT2D eigenvalue weighted by molar-refractivity contribution is 6.04. The maximum absolute atomic E-state index is 12.3. The minimum Gasteiger partial charge on any atom is -0.350 e. The first kappa shape index (κ1) is 19.5. The molecule has 0 atom stereocenters. The Morgan fingerprint density at radius 2 is 1.71 bits per heavy atom. The number of para-hydroxylation sites is 1. The van der Waals surface area contributed by atoms with Gasteiger partial charge in [0, 0.05) is 11.6 Å². The van der Waals surface area contributed by atoms with Gasteiger partial charge in [-0.2, -0.15) is 0 Å². The second kappa shape index (κ2) is 8.33. The Hall–Kier alpha value is -2.57. The number of anilines is 1. The standard InChI is InChI=1S/C17H26N4O3/c1-11(2)19-16(24)20-13-9-7-6-8-12(13)15(23)18-10-14(22)21-17(3,4)5/h6-9,11H,10H2,1-5H3,(H,18,23)(H,21,22)(H2,19,20,24). The van der Waals surface area contributed by atoms with Crippen molar-refractivity contribution in [1.29, 1.82) is 0 Å². The van der Waals surface area contributed by atoms with Crippen molar-refractivity contribution in [3.8, 4) is 0 Å². The number of nitrogens with one attached hydrogen (secondary N) is 4. The lowest BCUT2D eigenvalue weighted by Crippen LogP contribution is -2.46. The molecule has 7 nitrogen and oxygen atoms in total. The van der Waals surface area contributed by atoms with Gasteiger partial charge in [0.05, 0.1) is 17.8 Å². The molecule has 0 heterocycles. The van der Waals surface area contributed by atoms with E-state index in [9.17, 15) is 14.4 Å². The van der Waals surface area contributed by atoms with Gasteiger partial charge >= 0.3 is 6.03 Å². The molecular weight excluding hydrogens is 308 g/mol. The van der Waals surface area contributed by atoms with Crippen LogP contribution in [0.15, 0.2) is 24.3 Å². The molecule has 0 unspecified atom stereocenters. The number of hydrogen-bond donors (Lipinski definition) is 4. The van der Waals surface area contributed by atoms with E-state index in [1.807, 2.05) is 34.6 Å². The summed E-state index contributed by atoms with van der Waals surface area (Å²) in [5.74, 6) is -0.710. The Balaban J connectivity index is 2.71. The molecule has 0 aliphatic heterocycles. The maximum atomic E-state index is 12.3. The van der Waals surface area contributed by atoms with Gasteiger partial charge < -0.3 is 21.3 Å². The lowest BCUT2D eigenvalue weighted by Gasteiger charge is -2.20. The summed E-state index contributed by atoms with van der Waals surface area (Å²) in [4.78, 5) is 35.9. The zero-order valence-electron chi connectivity index (χ0n) is 14.8. The van der Waals surface area contributed by atoms with Crippen LogP contribution in [0.2, 0.25) is 0 Å². The van der Waals surface area contributed by atoms with Crippen LogP contribution in [0.3, 0.4) is 0 Å². The minimum absolute atomic E-state index is 0.0212. The fourth-order valence-corrected chi connectivity index (χ4v) is 1.93. The van der Waals surface area contributed by atoms with Gasteiger partial charge in [-0.25, -0.2) is 4.79 Å². The molecule has 0 bridgehead atoms. The number of amides is 4. The molecule has 0 spiro atoms. The molecule has 1 rings (SSSR count). The average molecular weight is 334 g/mol. The summed E-state index contributed by atoms with van der Waals surface area (Å²) in [6.45, 7) is 9.12. The Morgan fingerprint density at radius 1 is 1.08 bits per heavy atom. The first-order chi connectivity index (χ1) is 11.1. The third-order valence-corrected chi connectivity index (χ3v) is 2.76. The van der Waals surface area contributed by atoms with Gasteiger partial charge in [0.1, 0.15) is 0 Å². The fourth-order valence-electron chi connectivity index (χ4n) is 1.93. The van der Waals surface area contributed by atoms with Crippen LogP contribution in [0, 0.1) is 0 Å². The van der Waals surface area contributed by atoms with Gasteiger partial charge in [-0.05, 0) is 46.8 Å². The van der Waals surface area contributed by atoms with Crippen molar-refractivity contribution in [3.05, 3.63) is 29.8 Å². The van der Waals surface area contributed by atoms with Crippen LogP contribution in [-0.4, -0.2) is 36.0 Å². The molecule has 1 aromatic rings. The lowest BCUT2D eigenvalue weighted by molar-refractivity contribution is -0.121. The van der Waals surface area contributed by atoms with E-state index < -0.39 is 11.9 Å². The second-order valence-corrected chi connectivity index (χ2v) is 6.78. The quantitative estimate of drug-likeness (QED) is 0.661. The second-order valence-electron chi connectivity index (χ2n) is 6.78. The third-order valence-electron chi connectivity index (χ3n) is 2.76. The number of urea groups is 1. The van der Waals surface area contributed by atoms with Crippen molar-refractivity contribution < 1.29 is 14.4 Å². The minimum atomic E-state index is -0.431. The summed E-state index contributed by atoms with van der Waals surface area (Å²) in [7, 11) is 0. The SMILES string of the molecule is CC(C)NC(=O)Nc1ccccc1C(=O)NCC(=O)NC(C)(C)C. The number of benzene rings is 1. The molecule has 0 saturated carbocycles. The summed E-state index contributed by atoms with van der Waals surface area (Å²) < 4.78 is 0. The predicted molar refractivity (Wildman–Crippen MR) is 94.0 cm³/mol. The normalized spacial score (nSPS) is 10.9. The van der Waals surface area contributed by atoms with E-state index in [2.05, 4.69) is 21.3 Å². The summed E-state index contributed by atoms with van der Waals surface area (Å²) in [6.07, 6.45) is 0. The van der Waals surface area contributed by atoms with Gasteiger partial charge in [0.2, 0.25) is 5.91 Å². The number of rotatable bonds is 5. The molecule has 4 N–H and O–H groups in total. The lowest BCUT2D eigenvalue weighted by atomic mass is 10.1. The van der Waals surface area contributed by atoms with Crippen molar-refractivity contribution in [3.63, 3.8) is 0 Å². The van der Waals surface area contributed by atoms with Crippen LogP contribution in [0.5, 0.6) is 0 Å². The molecule has 0 aliphatic carbocycles. The molecule has 24 heavy (non-hydrogen) atoms. The highest BCUT2D eigenvalue weighted by Gasteiger charge is 2.17. The summed E-state index contributed by atoms with van der Waals surface area (Å²) in [5.41, 5.74) is 0.306. The van der Waals surface area contributed by atoms with E-state index in [-0.39, 0.29) is 24.0 Å². The van der Waals surface area contributed by atoms with Crippen molar-refractivity contribution >= 4 is 23.5 Å². The highest BCUT2D eigenvalue weighted by Crippen LogP contribution is 2.14. The van der Waals surface area contributed by atoms with Crippen molar-refractivity contribution in [2.45, 2.75) is 46.2 Å². The van der Waals surface area contributed by atoms with Crippen LogP contribution in [-0.2, 0) is 4.79 Å². The molecule has 1 aromatic carbocycles. The first-order valence-corrected chi connectivity index (χ1v) is 7.84. The van der Waals surface area contributed by atoms with Crippen LogP contribution >= 0.6 is 0 Å². The monoisotopic (exact) mass is 334 g/mol. The smallest absolute Gasteiger partial charge is 0.319 e.